The van der Waals surface area contributed by atoms with Crippen LogP contribution >= 0.6 is 11.6 Å². The van der Waals surface area contributed by atoms with Crippen LogP contribution in [0.1, 0.15) is 35.2 Å². The first kappa shape index (κ1) is 23.3. The minimum Gasteiger partial charge on any atom is -0.457 e. The minimum absolute atomic E-state index is 0.0145. The van der Waals surface area contributed by atoms with Crippen LogP contribution in [-0.4, -0.2) is 51.2 Å². The molecule has 4 aromatic rings. The van der Waals surface area contributed by atoms with Crippen molar-refractivity contribution in [2.45, 2.75) is 31.5 Å². The first-order chi connectivity index (χ1) is 17.1. The molecule has 180 valence electrons. The summed E-state index contributed by atoms with van der Waals surface area (Å²) >= 11 is 6.49. The number of ketones is 1. The van der Waals surface area contributed by atoms with Gasteiger partial charge in [-0.3, -0.25) is 4.79 Å². The highest BCUT2D eigenvalue weighted by molar-refractivity contribution is 6.35. The molecular formula is C26H25ClN4O4. The third kappa shape index (κ3) is 5.14. The number of benzene rings is 2. The number of nitrogens with one attached hydrogen (secondary N) is 2. The summed E-state index contributed by atoms with van der Waals surface area (Å²) < 4.78 is 11.7. The van der Waals surface area contributed by atoms with Gasteiger partial charge in [-0.05, 0) is 43.5 Å². The van der Waals surface area contributed by atoms with Gasteiger partial charge < -0.3 is 24.9 Å². The first-order valence-corrected chi connectivity index (χ1v) is 11.9. The van der Waals surface area contributed by atoms with Crippen molar-refractivity contribution in [3.05, 3.63) is 77.2 Å². The van der Waals surface area contributed by atoms with Crippen molar-refractivity contribution in [3.63, 3.8) is 0 Å². The SMILES string of the molecule is O=C(c1ccc(Oc2ccccc2)cc1Cl)c1c[nH]c2ncnc(NCC3CCCC(CO)O3)c12. The van der Waals surface area contributed by atoms with Gasteiger partial charge in [0, 0.05) is 24.4 Å². The number of ether oxygens (including phenoxy) is 2. The average molecular weight is 493 g/mol. The number of H-pyrrole nitrogens is 1. The molecule has 1 saturated heterocycles. The summed E-state index contributed by atoms with van der Waals surface area (Å²) in [6, 6.07) is 14.4. The molecule has 5 rings (SSSR count). The number of aromatic nitrogens is 3. The Morgan fingerprint density at radius 2 is 1.94 bits per heavy atom. The fourth-order valence-electron chi connectivity index (χ4n) is 4.27. The lowest BCUT2D eigenvalue weighted by Crippen LogP contribution is -2.34. The standard InChI is InChI=1S/C26H25ClN4O4/c27-22-11-17(34-16-5-2-1-3-6-16)9-10-20(22)24(33)21-13-29-26-23(21)25(30-15-31-26)28-12-18-7-4-8-19(14-32)35-18/h1-3,5-6,9-11,13,15,18-19,32H,4,7-8,12,14H2,(H2,28,29,30,31). The number of para-hydroxylation sites is 1. The number of rotatable bonds is 8. The van der Waals surface area contributed by atoms with Crippen LogP contribution in [0.25, 0.3) is 11.0 Å². The molecule has 2 aromatic carbocycles. The molecule has 1 aliphatic heterocycles. The highest BCUT2D eigenvalue weighted by Crippen LogP contribution is 2.31. The lowest BCUT2D eigenvalue weighted by Gasteiger charge is -2.29. The molecule has 3 N–H and O–H groups in total. The summed E-state index contributed by atoms with van der Waals surface area (Å²) in [7, 11) is 0. The predicted molar refractivity (Wildman–Crippen MR) is 133 cm³/mol. The van der Waals surface area contributed by atoms with E-state index in [1.54, 1.807) is 24.4 Å². The lowest BCUT2D eigenvalue weighted by molar-refractivity contribution is -0.0655. The number of nitrogens with zero attached hydrogens (tertiary/aromatic N) is 2. The first-order valence-electron chi connectivity index (χ1n) is 11.5. The zero-order valence-corrected chi connectivity index (χ0v) is 19.7. The number of carbonyl (C=O) groups excluding carboxylic acids is 1. The van der Waals surface area contributed by atoms with Gasteiger partial charge >= 0.3 is 0 Å². The smallest absolute Gasteiger partial charge is 0.196 e. The average Bonchev–Trinajstić information content (AvgIpc) is 3.33. The number of aromatic amines is 1. The summed E-state index contributed by atoms with van der Waals surface area (Å²) in [5.41, 5.74) is 1.31. The molecule has 3 heterocycles. The second kappa shape index (κ2) is 10.4. The van der Waals surface area contributed by atoms with E-state index in [9.17, 15) is 9.90 Å². The summed E-state index contributed by atoms with van der Waals surface area (Å²) in [6.45, 7) is 0.522. The Labute approximate surface area is 207 Å². The topological polar surface area (TPSA) is 109 Å². The van der Waals surface area contributed by atoms with Crippen molar-refractivity contribution in [2.24, 2.45) is 0 Å². The van der Waals surface area contributed by atoms with Crippen LogP contribution in [-0.2, 0) is 4.74 Å². The highest BCUT2D eigenvalue weighted by Gasteiger charge is 2.24. The molecule has 0 aliphatic carbocycles. The minimum atomic E-state index is -0.250. The van der Waals surface area contributed by atoms with Gasteiger partial charge in [-0.15, -0.1) is 0 Å². The van der Waals surface area contributed by atoms with E-state index in [1.807, 2.05) is 30.3 Å². The van der Waals surface area contributed by atoms with Crippen molar-refractivity contribution in [2.75, 3.05) is 18.5 Å². The summed E-state index contributed by atoms with van der Waals surface area (Å²) in [4.78, 5) is 25.2. The maximum atomic E-state index is 13.5. The van der Waals surface area contributed by atoms with Gasteiger partial charge in [-0.25, -0.2) is 9.97 Å². The summed E-state index contributed by atoms with van der Waals surface area (Å²) in [6.07, 6.45) is 5.62. The van der Waals surface area contributed by atoms with E-state index < -0.39 is 0 Å². The Bertz CT molecular complexity index is 1330. The molecule has 35 heavy (non-hydrogen) atoms. The van der Waals surface area contributed by atoms with Crippen molar-refractivity contribution in [1.82, 2.24) is 15.0 Å². The molecule has 1 aliphatic rings. The van der Waals surface area contributed by atoms with Crippen molar-refractivity contribution >= 4 is 34.2 Å². The molecule has 2 unspecified atom stereocenters. The van der Waals surface area contributed by atoms with E-state index in [2.05, 4.69) is 20.3 Å². The van der Waals surface area contributed by atoms with Crippen molar-refractivity contribution in [3.8, 4) is 11.5 Å². The molecule has 0 spiro atoms. The molecule has 8 nitrogen and oxygen atoms in total. The second-order valence-electron chi connectivity index (χ2n) is 8.41. The van der Waals surface area contributed by atoms with E-state index >= 15 is 0 Å². The molecule has 2 aromatic heterocycles. The molecule has 9 heteroatoms. The van der Waals surface area contributed by atoms with Gasteiger partial charge in [-0.1, -0.05) is 29.8 Å². The van der Waals surface area contributed by atoms with Crippen LogP contribution in [0.3, 0.4) is 0 Å². The maximum absolute atomic E-state index is 13.5. The second-order valence-corrected chi connectivity index (χ2v) is 8.82. The van der Waals surface area contributed by atoms with Gasteiger partial charge in [0.1, 0.15) is 29.3 Å². The number of hydrogen-bond donors (Lipinski definition) is 3. The van der Waals surface area contributed by atoms with Crippen LogP contribution in [0.15, 0.2) is 61.1 Å². The number of aliphatic hydroxyl groups is 1. The third-order valence-electron chi connectivity index (χ3n) is 6.02. The van der Waals surface area contributed by atoms with E-state index in [-0.39, 0.29) is 29.6 Å². The number of hydrogen-bond acceptors (Lipinski definition) is 7. The van der Waals surface area contributed by atoms with Gasteiger partial charge in [0.05, 0.1) is 34.8 Å². The van der Waals surface area contributed by atoms with E-state index in [0.717, 1.165) is 19.3 Å². The van der Waals surface area contributed by atoms with E-state index in [1.165, 1.54) is 6.33 Å². The Morgan fingerprint density at radius 1 is 1.11 bits per heavy atom. The maximum Gasteiger partial charge on any atom is 0.196 e. The molecular weight excluding hydrogens is 468 g/mol. The molecule has 0 radical (unpaired) electrons. The van der Waals surface area contributed by atoms with Crippen LogP contribution in [0.5, 0.6) is 11.5 Å². The Balaban J connectivity index is 1.37. The zero-order valence-electron chi connectivity index (χ0n) is 18.9. The number of carbonyl (C=O) groups is 1. The van der Waals surface area contributed by atoms with Crippen LogP contribution in [0.4, 0.5) is 5.82 Å². The monoisotopic (exact) mass is 492 g/mol. The van der Waals surface area contributed by atoms with Crippen molar-refractivity contribution in [1.29, 1.82) is 0 Å². The fourth-order valence-corrected chi connectivity index (χ4v) is 4.52. The normalized spacial score (nSPS) is 17.9. The molecule has 2 atom stereocenters. The molecule has 0 bridgehead atoms. The largest absolute Gasteiger partial charge is 0.457 e. The highest BCUT2D eigenvalue weighted by atomic mass is 35.5. The Morgan fingerprint density at radius 3 is 2.74 bits per heavy atom. The summed E-state index contributed by atoms with van der Waals surface area (Å²) in [5, 5.41) is 13.6. The van der Waals surface area contributed by atoms with E-state index in [4.69, 9.17) is 21.1 Å². The van der Waals surface area contributed by atoms with Crippen LogP contribution < -0.4 is 10.1 Å². The predicted octanol–water partition coefficient (Wildman–Crippen LogP) is 4.98. The fraction of sp³-hybridized carbons (Fsp3) is 0.269. The number of halogens is 1. The number of aliphatic hydroxyl groups excluding tert-OH is 1. The molecule has 0 amide bonds. The number of anilines is 1. The summed E-state index contributed by atoms with van der Waals surface area (Å²) in [5.74, 6) is 1.50. The van der Waals surface area contributed by atoms with Crippen LogP contribution in [0.2, 0.25) is 5.02 Å². The molecule has 0 saturated carbocycles. The lowest BCUT2D eigenvalue weighted by atomic mass is 10.0. The van der Waals surface area contributed by atoms with Crippen molar-refractivity contribution < 1.29 is 19.4 Å². The van der Waals surface area contributed by atoms with Gasteiger partial charge in [-0.2, -0.15) is 0 Å². The quantitative estimate of drug-likeness (QED) is 0.298. The third-order valence-corrected chi connectivity index (χ3v) is 6.33. The zero-order chi connectivity index (χ0) is 24.2. The van der Waals surface area contributed by atoms with Gasteiger partial charge in [0.15, 0.2) is 5.78 Å². The van der Waals surface area contributed by atoms with Gasteiger partial charge in [0.2, 0.25) is 0 Å². The number of fused-ring (bicyclic) bond motifs is 1. The Kier molecular flexibility index (Phi) is 6.94. The Hall–Kier alpha value is -3.46. The van der Waals surface area contributed by atoms with Gasteiger partial charge in [0.25, 0.3) is 0 Å². The molecule has 1 fully saturated rings. The van der Waals surface area contributed by atoms with Crippen LogP contribution in [0, 0.1) is 0 Å². The van der Waals surface area contributed by atoms with E-state index in [0.29, 0.717) is 46.0 Å².